The Morgan fingerprint density at radius 1 is 1.07 bits per heavy atom. The predicted molar refractivity (Wildman–Crippen MR) is 104 cm³/mol. The number of ether oxygens (including phenoxy) is 1. The molecule has 0 bridgehead atoms. The number of aryl methyl sites for hydroxylation is 1. The number of hydrogen-bond donors (Lipinski definition) is 1. The van der Waals surface area contributed by atoms with Crippen LogP contribution in [0.2, 0.25) is 0 Å². The van der Waals surface area contributed by atoms with E-state index < -0.39 is 27.8 Å². The lowest BCUT2D eigenvalue weighted by Gasteiger charge is -2.15. The number of Topliss-reactive ketones (excluding diaryl/α,β-unsaturated/α-hetero) is 1. The highest BCUT2D eigenvalue weighted by atomic mass is 32.2. The molecule has 1 atom stereocenters. The largest absolute Gasteiger partial charge is 0.449 e. The maximum absolute atomic E-state index is 12.4. The zero-order valence-corrected chi connectivity index (χ0v) is 16.8. The maximum atomic E-state index is 12.4. The van der Waals surface area contributed by atoms with Crippen molar-refractivity contribution in [1.82, 2.24) is 0 Å². The first kappa shape index (κ1) is 21.3. The van der Waals surface area contributed by atoms with Crippen molar-refractivity contribution in [3.05, 3.63) is 59.2 Å². The maximum Gasteiger partial charge on any atom is 0.339 e. The van der Waals surface area contributed by atoms with Gasteiger partial charge in [-0.15, -0.1) is 0 Å². The molecule has 28 heavy (non-hydrogen) atoms. The van der Waals surface area contributed by atoms with E-state index in [1.54, 1.807) is 25.1 Å². The molecule has 2 rings (SSSR count). The Bertz CT molecular complexity index is 1040. The second kappa shape index (κ2) is 8.35. The Morgan fingerprint density at radius 3 is 2.36 bits per heavy atom. The van der Waals surface area contributed by atoms with E-state index in [9.17, 15) is 22.8 Å². The summed E-state index contributed by atoms with van der Waals surface area (Å²) < 4.78 is 28.6. The molecule has 2 aromatic carbocycles. The van der Waals surface area contributed by atoms with Crippen molar-refractivity contribution in [3.63, 3.8) is 0 Å². The fourth-order valence-electron chi connectivity index (χ4n) is 2.39. The Balaban J connectivity index is 2.13. The number of carbonyl (C=O) groups is 3. The van der Waals surface area contributed by atoms with Gasteiger partial charge in [0.25, 0.3) is 5.91 Å². The molecule has 2 aromatic rings. The minimum atomic E-state index is -3.49. The SMILES string of the molecule is CC(=O)c1cccc(NC(=O)[C@@H](C)OC(=O)c2cc(S(C)(=O)=O)ccc2C)c1. The summed E-state index contributed by atoms with van der Waals surface area (Å²) >= 11 is 0. The van der Waals surface area contributed by atoms with Crippen LogP contribution in [0, 0.1) is 6.92 Å². The Kier molecular flexibility index (Phi) is 6.35. The van der Waals surface area contributed by atoms with E-state index in [1.165, 1.54) is 38.1 Å². The van der Waals surface area contributed by atoms with Crippen molar-refractivity contribution in [2.45, 2.75) is 31.8 Å². The number of carbonyl (C=O) groups excluding carboxylic acids is 3. The highest BCUT2D eigenvalue weighted by Gasteiger charge is 2.22. The van der Waals surface area contributed by atoms with Gasteiger partial charge in [0.1, 0.15) is 0 Å². The van der Waals surface area contributed by atoms with Gasteiger partial charge in [-0.3, -0.25) is 9.59 Å². The lowest BCUT2D eigenvalue weighted by molar-refractivity contribution is -0.123. The normalized spacial score (nSPS) is 12.1. The average molecular weight is 403 g/mol. The molecule has 148 valence electrons. The lowest BCUT2D eigenvalue weighted by atomic mass is 10.1. The van der Waals surface area contributed by atoms with Crippen molar-refractivity contribution in [1.29, 1.82) is 0 Å². The Labute approximate surface area is 163 Å². The molecule has 0 aliphatic rings. The van der Waals surface area contributed by atoms with Crippen molar-refractivity contribution in [3.8, 4) is 0 Å². The van der Waals surface area contributed by atoms with Gasteiger partial charge in [0, 0.05) is 17.5 Å². The fraction of sp³-hybridized carbons (Fsp3) is 0.250. The Morgan fingerprint density at radius 2 is 1.75 bits per heavy atom. The van der Waals surface area contributed by atoms with Crippen LogP contribution in [0.4, 0.5) is 5.69 Å². The number of anilines is 1. The molecule has 0 aliphatic carbocycles. The molecule has 0 heterocycles. The van der Waals surface area contributed by atoms with Gasteiger partial charge < -0.3 is 10.1 Å². The predicted octanol–water partition coefficient (Wildman–Crippen LogP) is 2.79. The first-order chi connectivity index (χ1) is 13.0. The number of hydrogen-bond acceptors (Lipinski definition) is 6. The fourth-order valence-corrected chi connectivity index (χ4v) is 3.04. The summed E-state index contributed by atoms with van der Waals surface area (Å²) in [5.41, 5.74) is 1.44. The third-order valence-corrected chi connectivity index (χ3v) is 5.16. The van der Waals surface area contributed by atoms with E-state index in [2.05, 4.69) is 5.32 Å². The van der Waals surface area contributed by atoms with E-state index in [-0.39, 0.29) is 16.2 Å². The average Bonchev–Trinajstić information content (AvgIpc) is 2.61. The summed E-state index contributed by atoms with van der Waals surface area (Å²) in [5.74, 6) is -1.52. The molecule has 0 fully saturated rings. The number of sulfone groups is 1. The molecular formula is C20H21NO6S. The van der Waals surface area contributed by atoms with E-state index in [1.807, 2.05) is 0 Å². The van der Waals surface area contributed by atoms with Crippen LogP contribution in [0.5, 0.6) is 0 Å². The standard InChI is InChI=1S/C20H21NO6S/c1-12-8-9-17(28(4,25)26)11-18(12)20(24)27-14(3)19(23)21-16-7-5-6-15(10-16)13(2)22/h5-11,14H,1-4H3,(H,21,23)/t14-/m1/s1. The lowest BCUT2D eigenvalue weighted by Crippen LogP contribution is -2.30. The molecule has 0 unspecified atom stereocenters. The summed E-state index contributed by atoms with van der Waals surface area (Å²) in [7, 11) is -3.49. The van der Waals surface area contributed by atoms with Crippen molar-refractivity contribution in [2.24, 2.45) is 0 Å². The molecule has 0 radical (unpaired) electrons. The van der Waals surface area contributed by atoms with E-state index in [4.69, 9.17) is 4.74 Å². The number of amides is 1. The van der Waals surface area contributed by atoms with Crippen molar-refractivity contribution < 1.29 is 27.5 Å². The summed E-state index contributed by atoms with van der Waals surface area (Å²) in [6.07, 6.45) is -0.0901. The molecule has 0 saturated heterocycles. The van der Waals surface area contributed by atoms with Gasteiger partial charge in [0.2, 0.25) is 0 Å². The molecule has 0 aliphatic heterocycles. The van der Waals surface area contributed by atoms with Crippen LogP contribution in [0.15, 0.2) is 47.4 Å². The highest BCUT2D eigenvalue weighted by molar-refractivity contribution is 7.90. The first-order valence-corrected chi connectivity index (χ1v) is 10.3. The molecule has 8 heteroatoms. The van der Waals surface area contributed by atoms with Crippen LogP contribution in [0.25, 0.3) is 0 Å². The highest BCUT2D eigenvalue weighted by Crippen LogP contribution is 2.18. The van der Waals surface area contributed by atoms with Gasteiger partial charge in [0.15, 0.2) is 21.7 Å². The van der Waals surface area contributed by atoms with E-state index in [0.717, 1.165) is 6.26 Å². The second-order valence-corrected chi connectivity index (χ2v) is 8.44. The van der Waals surface area contributed by atoms with Crippen LogP contribution in [-0.4, -0.2) is 38.4 Å². The summed E-state index contributed by atoms with van der Waals surface area (Å²) in [4.78, 5) is 36.1. The van der Waals surface area contributed by atoms with E-state index >= 15 is 0 Å². The smallest absolute Gasteiger partial charge is 0.339 e. The van der Waals surface area contributed by atoms with Crippen molar-refractivity contribution in [2.75, 3.05) is 11.6 Å². The van der Waals surface area contributed by atoms with Gasteiger partial charge in [0.05, 0.1) is 10.5 Å². The molecule has 1 N–H and O–H groups in total. The third kappa shape index (κ3) is 5.26. The number of benzene rings is 2. The Hall–Kier alpha value is -3.00. The molecule has 0 aromatic heterocycles. The van der Waals surface area contributed by atoms with Crippen LogP contribution < -0.4 is 5.32 Å². The number of rotatable bonds is 6. The quantitative estimate of drug-likeness (QED) is 0.587. The zero-order valence-electron chi connectivity index (χ0n) is 16.0. The van der Waals surface area contributed by atoms with Gasteiger partial charge in [-0.25, -0.2) is 13.2 Å². The van der Waals surface area contributed by atoms with Gasteiger partial charge in [-0.05, 0) is 50.6 Å². The van der Waals surface area contributed by atoms with Gasteiger partial charge in [-0.1, -0.05) is 18.2 Å². The first-order valence-electron chi connectivity index (χ1n) is 8.42. The van der Waals surface area contributed by atoms with Crippen LogP contribution >= 0.6 is 0 Å². The minimum absolute atomic E-state index is 0.0109. The van der Waals surface area contributed by atoms with Crippen LogP contribution in [0.3, 0.4) is 0 Å². The van der Waals surface area contributed by atoms with E-state index in [0.29, 0.717) is 16.8 Å². The molecule has 0 spiro atoms. The second-order valence-electron chi connectivity index (χ2n) is 6.42. The molecule has 7 nitrogen and oxygen atoms in total. The number of esters is 1. The monoisotopic (exact) mass is 403 g/mol. The number of ketones is 1. The topological polar surface area (TPSA) is 107 Å². The summed E-state index contributed by atoms with van der Waals surface area (Å²) in [6, 6.07) is 10.5. The zero-order chi connectivity index (χ0) is 21.1. The minimum Gasteiger partial charge on any atom is -0.449 e. The van der Waals surface area contributed by atoms with Crippen molar-refractivity contribution >= 4 is 33.2 Å². The summed E-state index contributed by atoms with van der Waals surface area (Å²) in [5, 5.41) is 2.58. The van der Waals surface area contributed by atoms with Gasteiger partial charge >= 0.3 is 5.97 Å². The van der Waals surface area contributed by atoms with Crippen LogP contribution in [-0.2, 0) is 19.4 Å². The molecule has 0 saturated carbocycles. The summed E-state index contributed by atoms with van der Waals surface area (Å²) in [6.45, 7) is 4.46. The molecule has 1 amide bonds. The number of nitrogens with one attached hydrogen (secondary N) is 1. The van der Waals surface area contributed by atoms with Crippen LogP contribution in [0.1, 0.15) is 40.1 Å². The molecular weight excluding hydrogens is 382 g/mol. The third-order valence-electron chi connectivity index (χ3n) is 4.05. The van der Waals surface area contributed by atoms with Gasteiger partial charge in [-0.2, -0.15) is 0 Å².